The molecule has 1 aliphatic heterocycles. The number of hydrogen-bond donors (Lipinski definition) is 2. The zero-order valence-electron chi connectivity index (χ0n) is 23.5. The van der Waals surface area contributed by atoms with Gasteiger partial charge in [0, 0.05) is 36.2 Å². The Morgan fingerprint density at radius 1 is 1.05 bits per heavy atom. The van der Waals surface area contributed by atoms with Crippen LogP contribution in [0.2, 0.25) is 0 Å². The van der Waals surface area contributed by atoms with Crippen molar-refractivity contribution in [2.75, 3.05) is 56.8 Å². The van der Waals surface area contributed by atoms with Crippen molar-refractivity contribution in [3.05, 3.63) is 52.9 Å². The van der Waals surface area contributed by atoms with Gasteiger partial charge in [-0.2, -0.15) is 13.2 Å². The quantitative estimate of drug-likeness (QED) is 0.231. The van der Waals surface area contributed by atoms with E-state index in [0.717, 1.165) is 73.4 Å². The largest absolute Gasteiger partial charge is 0.393 e. The Morgan fingerprint density at radius 3 is 2.41 bits per heavy atom. The average Bonchev–Trinajstić information content (AvgIpc) is 3.28. The van der Waals surface area contributed by atoms with Crippen LogP contribution < -0.4 is 15.9 Å². The molecule has 1 saturated heterocycles. The number of rotatable bonds is 7. The van der Waals surface area contributed by atoms with Gasteiger partial charge < -0.3 is 19.9 Å². The molecule has 0 bridgehead atoms. The van der Waals surface area contributed by atoms with E-state index in [0.29, 0.717) is 22.3 Å². The van der Waals surface area contributed by atoms with Gasteiger partial charge in [-0.3, -0.25) is 4.90 Å². The first-order chi connectivity index (χ1) is 19.6. The molecule has 2 fully saturated rings. The summed E-state index contributed by atoms with van der Waals surface area (Å²) in [6.45, 7) is 7.32. The van der Waals surface area contributed by atoms with Gasteiger partial charge in [-0.15, -0.1) is 11.3 Å². The predicted molar refractivity (Wildman–Crippen MR) is 165 cm³/mol. The predicted octanol–water partition coefficient (Wildman–Crippen LogP) is 6.77. The molecule has 41 heavy (non-hydrogen) atoms. The van der Waals surface area contributed by atoms with Crippen LogP contribution in [0, 0.1) is 11.8 Å². The summed E-state index contributed by atoms with van der Waals surface area (Å²) < 4.78 is 59.4. The summed E-state index contributed by atoms with van der Waals surface area (Å²) in [5, 5.41) is 8.26. The Bertz CT molecular complexity index is 1440. The van der Waals surface area contributed by atoms with Gasteiger partial charge in [0.2, 0.25) is 0 Å². The van der Waals surface area contributed by atoms with Gasteiger partial charge in [0.05, 0.1) is 41.4 Å². The molecule has 2 N–H and O–H groups in total. The molecule has 0 radical (unpaired) electrons. The lowest BCUT2D eigenvalue weighted by atomic mass is 9.89. The van der Waals surface area contributed by atoms with E-state index in [1.165, 1.54) is 11.3 Å². The van der Waals surface area contributed by atoms with Crippen LogP contribution in [-0.2, 0) is 15.7 Å². The second kappa shape index (κ2) is 12.8. The van der Waals surface area contributed by atoms with Crippen molar-refractivity contribution in [3.8, 4) is 11.8 Å². The lowest BCUT2D eigenvalue weighted by Gasteiger charge is -2.39. The third-order valence-corrected chi connectivity index (χ3v) is 10.6. The van der Waals surface area contributed by atoms with Crippen molar-refractivity contribution >= 4 is 45.2 Å². The fraction of sp³-hybridized carbons (Fsp3) is 0.484. The summed E-state index contributed by atoms with van der Waals surface area (Å²) in [5.74, 6) is 6.03. The van der Waals surface area contributed by atoms with Crippen LogP contribution in [0.4, 0.5) is 24.5 Å². The summed E-state index contributed by atoms with van der Waals surface area (Å²) in [5.41, 5.74) is 1.95. The molecule has 0 amide bonds. The standard InChI is InChI=1S/C31H37F3N3O2PS/c1-40(2,38)25-14-10-22(11-15-25)35-16-4-7-29-27(21-31(32,33)34)26-5-3-6-28(30(26)41-29)36-23-8-12-24(13-9-23)37-17-19-39-20-18-37/h3,5-6,10-11,14-15,23-24,35-36H,8-9,12-13,16-21H2,1-2H3. The number of alkyl halides is 3. The minimum absolute atomic E-state index is 0.246. The number of nitrogens with one attached hydrogen (secondary N) is 2. The molecular weight excluding hydrogens is 566 g/mol. The summed E-state index contributed by atoms with van der Waals surface area (Å²) in [7, 11) is -2.33. The maximum atomic E-state index is 13.6. The van der Waals surface area contributed by atoms with Crippen LogP contribution in [0.1, 0.15) is 36.1 Å². The van der Waals surface area contributed by atoms with E-state index in [2.05, 4.69) is 27.4 Å². The second-order valence-electron chi connectivity index (χ2n) is 11.2. The first kappa shape index (κ1) is 30.0. The Morgan fingerprint density at radius 2 is 1.76 bits per heavy atom. The molecule has 2 heterocycles. The second-order valence-corrected chi connectivity index (χ2v) is 15.5. The van der Waals surface area contributed by atoms with E-state index in [1.54, 1.807) is 19.4 Å². The maximum Gasteiger partial charge on any atom is 0.393 e. The molecule has 0 spiro atoms. The lowest BCUT2D eigenvalue weighted by molar-refractivity contribution is -0.126. The number of benzene rings is 2. The minimum Gasteiger partial charge on any atom is -0.381 e. The summed E-state index contributed by atoms with van der Waals surface area (Å²) in [6, 6.07) is 13.8. The van der Waals surface area contributed by atoms with E-state index in [9.17, 15) is 17.7 Å². The molecule has 3 aromatic rings. The van der Waals surface area contributed by atoms with Crippen LogP contribution in [0.25, 0.3) is 10.1 Å². The highest BCUT2D eigenvalue weighted by Gasteiger charge is 2.32. The van der Waals surface area contributed by atoms with Gasteiger partial charge in [-0.25, -0.2) is 0 Å². The molecule has 1 aromatic heterocycles. The summed E-state index contributed by atoms with van der Waals surface area (Å²) in [4.78, 5) is 2.99. The number of nitrogens with zero attached hydrogens (tertiary/aromatic N) is 1. The molecule has 5 rings (SSSR count). The number of hydrogen-bond acceptors (Lipinski definition) is 6. The van der Waals surface area contributed by atoms with Crippen LogP contribution in [0.5, 0.6) is 0 Å². The molecule has 220 valence electrons. The van der Waals surface area contributed by atoms with Crippen molar-refractivity contribution in [2.45, 2.75) is 50.4 Å². The van der Waals surface area contributed by atoms with Crippen LogP contribution in [-0.4, -0.2) is 69.3 Å². The molecule has 1 saturated carbocycles. The van der Waals surface area contributed by atoms with Crippen molar-refractivity contribution < 1.29 is 22.5 Å². The lowest BCUT2D eigenvalue weighted by Crippen LogP contribution is -2.46. The zero-order valence-corrected chi connectivity index (χ0v) is 25.2. The van der Waals surface area contributed by atoms with Crippen LogP contribution >= 0.6 is 18.5 Å². The van der Waals surface area contributed by atoms with Gasteiger partial charge in [0.1, 0.15) is 7.14 Å². The van der Waals surface area contributed by atoms with E-state index in [-0.39, 0.29) is 12.1 Å². The highest BCUT2D eigenvalue weighted by Crippen LogP contribution is 2.40. The molecule has 0 unspecified atom stereocenters. The number of anilines is 2. The third-order valence-electron chi connectivity index (χ3n) is 7.89. The van der Waals surface area contributed by atoms with Crippen molar-refractivity contribution in [2.24, 2.45) is 0 Å². The topological polar surface area (TPSA) is 53.6 Å². The number of halogens is 3. The normalized spacial score (nSPS) is 20.4. The Labute approximate surface area is 244 Å². The Balaban J connectivity index is 1.30. The summed E-state index contributed by atoms with van der Waals surface area (Å²) in [6.07, 6.45) is -1.04. The first-order valence-corrected chi connectivity index (χ1v) is 17.6. The number of thiophene rings is 1. The maximum absolute atomic E-state index is 13.6. The van der Waals surface area contributed by atoms with Gasteiger partial charge in [0.15, 0.2) is 0 Å². The SMILES string of the molecule is CP(C)(=O)c1ccc(NCC#Cc2sc3c(NC4CCC(N5CCOCC5)CC4)cccc3c2CC(F)(F)F)cc1. The Hall–Kier alpha value is -2.50. The van der Waals surface area contributed by atoms with E-state index >= 15 is 0 Å². The fourth-order valence-electron chi connectivity index (χ4n) is 5.72. The van der Waals surface area contributed by atoms with Crippen molar-refractivity contribution in [1.29, 1.82) is 0 Å². The van der Waals surface area contributed by atoms with Crippen LogP contribution in [0.15, 0.2) is 42.5 Å². The van der Waals surface area contributed by atoms with Crippen molar-refractivity contribution in [1.82, 2.24) is 4.90 Å². The van der Waals surface area contributed by atoms with E-state index in [1.807, 2.05) is 36.4 Å². The van der Waals surface area contributed by atoms with Crippen molar-refractivity contribution in [3.63, 3.8) is 0 Å². The molecule has 1 aliphatic carbocycles. The molecule has 2 aromatic carbocycles. The number of fused-ring (bicyclic) bond motifs is 1. The van der Waals surface area contributed by atoms with E-state index in [4.69, 9.17) is 4.74 Å². The zero-order chi connectivity index (χ0) is 29.0. The average molecular weight is 604 g/mol. The Kier molecular flexibility index (Phi) is 9.35. The number of ether oxygens (including phenoxy) is 1. The van der Waals surface area contributed by atoms with Gasteiger partial charge in [-0.05, 0) is 80.3 Å². The minimum atomic E-state index is -4.33. The smallest absolute Gasteiger partial charge is 0.381 e. The molecule has 2 aliphatic rings. The molecule has 10 heteroatoms. The fourth-order valence-corrected chi connectivity index (χ4v) is 7.76. The molecule has 0 atom stereocenters. The molecule has 5 nitrogen and oxygen atoms in total. The number of morpholine rings is 1. The van der Waals surface area contributed by atoms with Gasteiger partial charge in [-0.1, -0.05) is 24.0 Å². The summed E-state index contributed by atoms with van der Waals surface area (Å²) >= 11 is 1.34. The third kappa shape index (κ3) is 7.87. The molecular formula is C31H37F3N3O2PS. The monoisotopic (exact) mass is 603 g/mol. The van der Waals surface area contributed by atoms with Crippen LogP contribution in [0.3, 0.4) is 0 Å². The highest BCUT2D eigenvalue weighted by atomic mass is 32.1. The van der Waals surface area contributed by atoms with E-state index < -0.39 is 19.7 Å². The van der Waals surface area contributed by atoms with Gasteiger partial charge >= 0.3 is 6.18 Å². The first-order valence-electron chi connectivity index (χ1n) is 14.1. The highest BCUT2D eigenvalue weighted by molar-refractivity contribution is 7.70. The van der Waals surface area contributed by atoms with Gasteiger partial charge in [0.25, 0.3) is 0 Å².